The Morgan fingerprint density at radius 2 is 2.15 bits per heavy atom. The molecule has 20 heavy (non-hydrogen) atoms. The van der Waals surface area contributed by atoms with E-state index in [1.807, 2.05) is 18.3 Å². The molecule has 0 radical (unpaired) electrons. The highest BCUT2D eigenvalue weighted by Gasteiger charge is 2.08. The number of nitrogens with one attached hydrogen (secondary N) is 1. The Hall–Kier alpha value is -0.420. The van der Waals surface area contributed by atoms with Crippen LogP contribution < -0.4 is 5.32 Å². The van der Waals surface area contributed by atoms with E-state index in [1.54, 1.807) is 0 Å². The molecule has 1 aromatic heterocycles. The second-order valence-electron chi connectivity index (χ2n) is 5.75. The minimum absolute atomic E-state index is 0.709. The van der Waals surface area contributed by atoms with Crippen molar-refractivity contribution in [3.8, 4) is 0 Å². The fourth-order valence-electron chi connectivity index (χ4n) is 2.05. The first-order valence-electron chi connectivity index (χ1n) is 7.58. The van der Waals surface area contributed by atoms with Gasteiger partial charge in [-0.3, -0.25) is 4.90 Å². The molecule has 0 aliphatic rings. The Kier molecular flexibility index (Phi) is 8.38. The maximum atomic E-state index is 5.40. The lowest BCUT2D eigenvalue weighted by Gasteiger charge is -2.16. The summed E-state index contributed by atoms with van der Waals surface area (Å²) < 4.78 is 5.40. The van der Waals surface area contributed by atoms with E-state index in [-0.39, 0.29) is 0 Å². The molecule has 0 amide bonds. The lowest BCUT2D eigenvalue weighted by atomic mass is 10.2. The Morgan fingerprint density at radius 1 is 1.40 bits per heavy atom. The summed E-state index contributed by atoms with van der Waals surface area (Å²) in [4.78, 5) is 5.21. The molecule has 0 saturated carbocycles. The van der Waals surface area contributed by atoms with Crippen LogP contribution in [0.1, 0.15) is 36.1 Å². The lowest BCUT2D eigenvalue weighted by Crippen LogP contribution is -2.22. The van der Waals surface area contributed by atoms with Crippen molar-refractivity contribution in [1.29, 1.82) is 0 Å². The summed E-state index contributed by atoms with van der Waals surface area (Å²) >= 11 is 1.92. The molecule has 0 spiro atoms. The minimum atomic E-state index is 0.709. The average molecular weight is 298 g/mol. The van der Waals surface area contributed by atoms with Crippen molar-refractivity contribution in [2.75, 3.05) is 33.4 Å². The minimum Gasteiger partial charge on any atom is -0.380 e. The van der Waals surface area contributed by atoms with Gasteiger partial charge in [0.2, 0.25) is 0 Å². The first-order chi connectivity index (χ1) is 9.52. The van der Waals surface area contributed by atoms with E-state index < -0.39 is 0 Å². The number of nitrogens with zero attached hydrogens (tertiary/aromatic N) is 1. The molecule has 0 unspecified atom stereocenters. The zero-order chi connectivity index (χ0) is 15.0. The summed E-state index contributed by atoms with van der Waals surface area (Å²) in [6, 6.07) is 2.35. The molecule has 1 aromatic rings. The molecule has 0 aliphatic heterocycles. The van der Waals surface area contributed by atoms with Gasteiger partial charge in [-0.15, -0.1) is 11.3 Å². The van der Waals surface area contributed by atoms with E-state index in [9.17, 15) is 0 Å². The molecule has 0 aliphatic carbocycles. The van der Waals surface area contributed by atoms with Gasteiger partial charge in [-0.05, 0) is 45.0 Å². The number of hydrogen-bond donors (Lipinski definition) is 1. The third-order valence-corrected chi connectivity index (χ3v) is 4.28. The van der Waals surface area contributed by atoms with Crippen LogP contribution in [0.4, 0.5) is 0 Å². The smallest absolute Gasteiger partial charge is 0.0593 e. The van der Waals surface area contributed by atoms with Gasteiger partial charge in [0, 0.05) is 36.0 Å². The average Bonchev–Trinajstić information content (AvgIpc) is 2.70. The normalized spacial score (nSPS) is 11.8. The summed E-state index contributed by atoms with van der Waals surface area (Å²) in [6.45, 7) is 14.4. The first-order valence-corrected chi connectivity index (χ1v) is 8.39. The number of rotatable bonds is 10. The molecule has 0 atom stereocenters. The molecule has 4 heteroatoms. The molecule has 0 fully saturated rings. The van der Waals surface area contributed by atoms with E-state index in [1.165, 1.54) is 15.3 Å². The van der Waals surface area contributed by atoms with Gasteiger partial charge in [0.15, 0.2) is 0 Å². The zero-order valence-electron chi connectivity index (χ0n) is 13.7. The van der Waals surface area contributed by atoms with Crippen LogP contribution in [0.15, 0.2) is 6.07 Å². The summed E-state index contributed by atoms with van der Waals surface area (Å²) in [7, 11) is 2.16. The van der Waals surface area contributed by atoms with Crippen LogP contribution in [-0.2, 0) is 17.8 Å². The van der Waals surface area contributed by atoms with Crippen LogP contribution >= 0.6 is 11.3 Å². The third-order valence-electron chi connectivity index (χ3n) is 3.19. The second kappa shape index (κ2) is 9.50. The van der Waals surface area contributed by atoms with Gasteiger partial charge in [-0.2, -0.15) is 0 Å². The number of thiophene rings is 1. The highest BCUT2D eigenvalue weighted by atomic mass is 32.1. The largest absolute Gasteiger partial charge is 0.380 e. The molecule has 1 rings (SSSR count). The maximum Gasteiger partial charge on any atom is 0.0593 e. The number of aryl methyl sites for hydroxylation is 1. The highest BCUT2D eigenvalue weighted by molar-refractivity contribution is 7.12. The molecule has 0 aromatic carbocycles. The Bertz CT molecular complexity index is 377. The fourth-order valence-corrected chi connectivity index (χ4v) is 3.07. The van der Waals surface area contributed by atoms with Crippen molar-refractivity contribution in [3.63, 3.8) is 0 Å². The quantitative estimate of drug-likeness (QED) is 0.671. The number of likely N-dealkylation sites (N-methyl/N-ethyl adjacent to an activating group) is 1. The van der Waals surface area contributed by atoms with Gasteiger partial charge >= 0.3 is 0 Å². The molecular weight excluding hydrogens is 268 g/mol. The molecular formula is C16H30N2OS. The Balaban J connectivity index is 2.40. The van der Waals surface area contributed by atoms with Crippen molar-refractivity contribution in [3.05, 3.63) is 21.4 Å². The van der Waals surface area contributed by atoms with Gasteiger partial charge in [-0.1, -0.05) is 13.8 Å². The third kappa shape index (κ3) is 6.84. The zero-order valence-corrected chi connectivity index (χ0v) is 14.5. The highest BCUT2D eigenvalue weighted by Crippen LogP contribution is 2.22. The number of hydrogen-bond acceptors (Lipinski definition) is 4. The predicted octanol–water partition coefficient (Wildman–Crippen LogP) is 3.27. The standard InChI is InChI=1S/C16H30N2OS/c1-6-19-8-7-18(5)12-15-9-16(20-14(15)4)11-17-10-13(2)3/h9,13,17H,6-8,10-12H2,1-5H3. The van der Waals surface area contributed by atoms with Gasteiger partial charge in [0.05, 0.1) is 6.61 Å². The summed E-state index contributed by atoms with van der Waals surface area (Å²) in [6.07, 6.45) is 0. The van der Waals surface area contributed by atoms with Crippen LogP contribution in [0, 0.1) is 12.8 Å². The van der Waals surface area contributed by atoms with E-state index in [0.717, 1.165) is 39.4 Å². The molecule has 3 nitrogen and oxygen atoms in total. The molecule has 116 valence electrons. The number of ether oxygens (including phenoxy) is 1. The van der Waals surface area contributed by atoms with E-state index in [0.29, 0.717) is 5.92 Å². The predicted molar refractivity (Wildman–Crippen MR) is 88.4 cm³/mol. The van der Waals surface area contributed by atoms with E-state index in [4.69, 9.17) is 4.74 Å². The van der Waals surface area contributed by atoms with Gasteiger partial charge in [0.25, 0.3) is 0 Å². The van der Waals surface area contributed by atoms with E-state index in [2.05, 4.69) is 44.1 Å². The second-order valence-corrected chi connectivity index (χ2v) is 7.09. The summed E-state index contributed by atoms with van der Waals surface area (Å²) in [5.74, 6) is 0.709. The summed E-state index contributed by atoms with van der Waals surface area (Å²) in [5, 5.41) is 3.51. The SMILES string of the molecule is CCOCCN(C)Cc1cc(CNCC(C)C)sc1C. The Labute approximate surface area is 128 Å². The lowest BCUT2D eigenvalue weighted by molar-refractivity contribution is 0.120. The van der Waals surface area contributed by atoms with Gasteiger partial charge < -0.3 is 10.1 Å². The van der Waals surface area contributed by atoms with Crippen LogP contribution in [0.5, 0.6) is 0 Å². The molecule has 0 saturated heterocycles. The Morgan fingerprint density at radius 3 is 2.80 bits per heavy atom. The molecule has 1 heterocycles. The van der Waals surface area contributed by atoms with Crippen LogP contribution in [-0.4, -0.2) is 38.3 Å². The monoisotopic (exact) mass is 298 g/mol. The van der Waals surface area contributed by atoms with Gasteiger partial charge in [0.1, 0.15) is 0 Å². The van der Waals surface area contributed by atoms with Crippen molar-refractivity contribution < 1.29 is 4.74 Å². The van der Waals surface area contributed by atoms with Crippen molar-refractivity contribution in [1.82, 2.24) is 10.2 Å². The van der Waals surface area contributed by atoms with Crippen molar-refractivity contribution >= 4 is 11.3 Å². The van der Waals surface area contributed by atoms with Crippen molar-refractivity contribution in [2.24, 2.45) is 5.92 Å². The van der Waals surface area contributed by atoms with E-state index >= 15 is 0 Å². The molecule has 1 N–H and O–H groups in total. The van der Waals surface area contributed by atoms with Crippen LogP contribution in [0.2, 0.25) is 0 Å². The topological polar surface area (TPSA) is 24.5 Å². The molecule has 0 bridgehead atoms. The van der Waals surface area contributed by atoms with Crippen LogP contribution in [0.3, 0.4) is 0 Å². The first kappa shape index (κ1) is 17.6. The van der Waals surface area contributed by atoms with Crippen molar-refractivity contribution in [2.45, 2.75) is 40.8 Å². The van der Waals surface area contributed by atoms with Crippen LogP contribution in [0.25, 0.3) is 0 Å². The fraction of sp³-hybridized carbons (Fsp3) is 0.750. The summed E-state index contributed by atoms with van der Waals surface area (Å²) in [5.41, 5.74) is 1.45. The maximum absolute atomic E-state index is 5.40. The van der Waals surface area contributed by atoms with Gasteiger partial charge in [-0.25, -0.2) is 0 Å².